The number of carbonyl (C=O) groups is 2. The number of nitrogens with zero attached hydrogens (tertiary/aromatic N) is 1. The Morgan fingerprint density at radius 1 is 1.14 bits per heavy atom. The number of hydrogen-bond acceptors (Lipinski definition) is 5. The fraction of sp³-hybridized carbons (Fsp3) is 0.391. The van der Waals surface area contributed by atoms with Crippen LogP contribution in [0, 0.1) is 5.41 Å². The minimum absolute atomic E-state index is 0.0857. The molecule has 6 nitrogen and oxygen atoms in total. The van der Waals surface area contributed by atoms with Crippen molar-refractivity contribution in [1.82, 2.24) is 4.90 Å². The third-order valence-corrected chi connectivity index (χ3v) is 4.97. The summed E-state index contributed by atoms with van der Waals surface area (Å²) in [5.74, 6) is 0.895. The van der Waals surface area contributed by atoms with Crippen LogP contribution in [0.3, 0.4) is 0 Å². The molecule has 0 bridgehead atoms. The number of hydrogen-bond donors (Lipinski definition) is 0. The van der Waals surface area contributed by atoms with Gasteiger partial charge in [-0.25, -0.2) is 0 Å². The first-order valence-electron chi connectivity index (χ1n) is 9.60. The second-order valence-corrected chi connectivity index (χ2v) is 7.12. The summed E-state index contributed by atoms with van der Waals surface area (Å²) in [6, 6.07) is 5.46. The van der Waals surface area contributed by atoms with Crippen molar-refractivity contribution in [3.05, 3.63) is 55.1 Å². The highest BCUT2D eigenvalue weighted by Crippen LogP contribution is 2.32. The summed E-state index contributed by atoms with van der Waals surface area (Å²) < 4.78 is 16.1. The van der Waals surface area contributed by atoms with E-state index in [0.717, 1.165) is 5.56 Å². The average Bonchev–Trinajstić information content (AvgIpc) is 2.74. The zero-order chi connectivity index (χ0) is 21.3. The predicted octanol–water partition coefficient (Wildman–Crippen LogP) is 3.63. The summed E-state index contributed by atoms with van der Waals surface area (Å²) in [5.41, 5.74) is 0.272. The summed E-state index contributed by atoms with van der Waals surface area (Å²) in [4.78, 5) is 26.5. The van der Waals surface area contributed by atoms with Crippen LogP contribution in [0.5, 0.6) is 11.5 Å². The van der Waals surface area contributed by atoms with Crippen molar-refractivity contribution in [2.24, 2.45) is 5.41 Å². The van der Waals surface area contributed by atoms with Crippen LogP contribution in [0.4, 0.5) is 0 Å². The van der Waals surface area contributed by atoms with Crippen molar-refractivity contribution in [2.75, 3.05) is 33.4 Å². The van der Waals surface area contributed by atoms with E-state index in [9.17, 15) is 9.59 Å². The van der Waals surface area contributed by atoms with Gasteiger partial charge in [0, 0.05) is 19.2 Å². The molecule has 156 valence electrons. The molecule has 6 heteroatoms. The zero-order valence-electron chi connectivity index (χ0n) is 17.2. The molecule has 1 aliphatic heterocycles. The number of amides is 1. The van der Waals surface area contributed by atoms with E-state index < -0.39 is 5.41 Å². The lowest BCUT2D eigenvalue weighted by Crippen LogP contribution is -2.45. The van der Waals surface area contributed by atoms with Gasteiger partial charge in [-0.05, 0) is 43.5 Å². The minimum Gasteiger partial charge on any atom is -0.493 e. The molecule has 0 spiro atoms. The Balaban J connectivity index is 1.95. The first kappa shape index (κ1) is 22.3. The highest BCUT2D eigenvalue weighted by Gasteiger charge is 2.38. The Hall–Kier alpha value is -3.02. The summed E-state index contributed by atoms with van der Waals surface area (Å²) in [6.45, 7) is 10.7. The molecule has 0 aromatic heterocycles. The van der Waals surface area contributed by atoms with Gasteiger partial charge in [0.2, 0.25) is 5.91 Å². The van der Waals surface area contributed by atoms with Crippen molar-refractivity contribution in [1.29, 1.82) is 0 Å². The molecular formula is C23H29NO5. The number of carbonyl (C=O) groups excluding carboxylic acids is 2. The van der Waals surface area contributed by atoms with E-state index in [2.05, 4.69) is 13.2 Å². The van der Waals surface area contributed by atoms with Crippen molar-refractivity contribution < 1.29 is 23.8 Å². The molecule has 1 aliphatic rings. The lowest BCUT2D eigenvalue weighted by Gasteiger charge is -2.37. The van der Waals surface area contributed by atoms with Gasteiger partial charge in [0.05, 0.1) is 12.5 Å². The molecule has 1 aromatic rings. The lowest BCUT2D eigenvalue weighted by molar-refractivity contribution is -0.157. The highest BCUT2D eigenvalue weighted by molar-refractivity contribution is 5.92. The monoisotopic (exact) mass is 399 g/mol. The number of benzene rings is 1. The van der Waals surface area contributed by atoms with Crippen LogP contribution in [0.2, 0.25) is 0 Å². The van der Waals surface area contributed by atoms with E-state index >= 15 is 0 Å². The molecule has 1 amide bonds. The quantitative estimate of drug-likeness (QED) is 0.360. The van der Waals surface area contributed by atoms with Gasteiger partial charge in [0.1, 0.15) is 13.2 Å². The zero-order valence-corrected chi connectivity index (χ0v) is 17.2. The molecule has 0 atom stereocenters. The maximum atomic E-state index is 12.5. The SMILES string of the molecule is C=CCOC(=O)C1(C)CCN(C(=O)/C=C/c2ccc(OCC=C)c(OC)c2)CC1. The van der Waals surface area contributed by atoms with Gasteiger partial charge in [-0.2, -0.15) is 0 Å². The van der Waals surface area contributed by atoms with E-state index in [1.165, 1.54) is 6.08 Å². The summed E-state index contributed by atoms with van der Waals surface area (Å²) in [5, 5.41) is 0. The summed E-state index contributed by atoms with van der Waals surface area (Å²) >= 11 is 0. The predicted molar refractivity (Wildman–Crippen MR) is 113 cm³/mol. The van der Waals surface area contributed by atoms with Crippen LogP contribution in [-0.2, 0) is 14.3 Å². The van der Waals surface area contributed by atoms with Crippen LogP contribution in [-0.4, -0.2) is 50.2 Å². The molecule has 2 rings (SSSR count). The Labute approximate surface area is 172 Å². The van der Waals surface area contributed by atoms with Gasteiger partial charge in [-0.1, -0.05) is 31.4 Å². The Morgan fingerprint density at radius 2 is 1.83 bits per heavy atom. The molecule has 0 radical (unpaired) electrons. The van der Waals surface area contributed by atoms with Crippen molar-refractivity contribution in [2.45, 2.75) is 19.8 Å². The average molecular weight is 399 g/mol. The lowest BCUT2D eigenvalue weighted by atomic mass is 9.80. The standard InChI is InChI=1S/C23H29NO5/c1-5-15-28-19-9-7-18(17-20(19)27-4)8-10-21(25)24-13-11-23(3,12-14-24)22(26)29-16-6-2/h5-10,17H,1-2,11-16H2,3-4H3/b10-8+. The van der Waals surface area contributed by atoms with Gasteiger partial charge in [-0.15, -0.1) is 0 Å². The van der Waals surface area contributed by atoms with E-state index in [0.29, 0.717) is 44.0 Å². The first-order valence-corrected chi connectivity index (χ1v) is 9.60. The van der Waals surface area contributed by atoms with E-state index in [-0.39, 0.29) is 18.5 Å². The van der Waals surface area contributed by atoms with Crippen LogP contribution in [0.15, 0.2) is 49.6 Å². The maximum Gasteiger partial charge on any atom is 0.312 e. The molecule has 1 saturated heterocycles. The number of ether oxygens (including phenoxy) is 3. The third kappa shape index (κ3) is 5.98. The fourth-order valence-electron chi connectivity index (χ4n) is 3.06. The van der Waals surface area contributed by atoms with E-state index in [1.54, 1.807) is 36.3 Å². The number of piperidine rings is 1. The minimum atomic E-state index is -0.557. The van der Waals surface area contributed by atoms with Gasteiger partial charge < -0.3 is 19.1 Å². The molecular weight excluding hydrogens is 370 g/mol. The smallest absolute Gasteiger partial charge is 0.312 e. The van der Waals surface area contributed by atoms with Crippen molar-refractivity contribution in [3.8, 4) is 11.5 Å². The second-order valence-electron chi connectivity index (χ2n) is 7.12. The number of methoxy groups -OCH3 is 1. The van der Waals surface area contributed by atoms with E-state index in [4.69, 9.17) is 14.2 Å². The van der Waals surface area contributed by atoms with Crippen LogP contribution in [0.1, 0.15) is 25.3 Å². The normalized spacial score (nSPS) is 15.6. The molecule has 0 saturated carbocycles. The van der Waals surface area contributed by atoms with Gasteiger partial charge >= 0.3 is 5.97 Å². The second kappa shape index (κ2) is 10.5. The number of likely N-dealkylation sites (tertiary alicyclic amines) is 1. The van der Waals surface area contributed by atoms with Crippen LogP contribution >= 0.6 is 0 Å². The Bertz CT molecular complexity index is 775. The molecule has 0 aliphatic carbocycles. The number of esters is 1. The Morgan fingerprint density at radius 3 is 2.45 bits per heavy atom. The fourth-order valence-corrected chi connectivity index (χ4v) is 3.06. The van der Waals surface area contributed by atoms with Gasteiger partial charge in [-0.3, -0.25) is 9.59 Å². The summed E-state index contributed by atoms with van der Waals surface area (Å²) in [7, 11) is 1.57. The van der Waals surface area contributed by atoms with Crippen LogP contribution < -0.4 is 9.47 Å². The maximum absolute atomic E-state index is 12.5. The molecule has 1 heterocycles. The van der Waals surface area contributed by atoms with Crippen LogP contribution in [0.25, 0.3) is 6.08 Å². The van der Waals surface area contributed by atoms with Gasteiger partial charge in [0.15, 0.2) is 11.5 Å². The molecule has 1 aromatic carbocycles. The third-order valence-electron chi connectivity index (χ3n) is 4.97. The van der Waals surface area contributed by atoms with Crippen molar-refractivity contribution in [3.63, 3.8) is 0 Å². The first-order chi connectivity index (χ1) is 13.9. The van der Waals surface area contributed by atoms with E-state index in [1.807, 2.05) is 19.1 Å². The molecule has 0 unspecified atom stereocenters. The number of rotatable bonds is 9. The van der Waals surface area contributed by atoms with Gasteiger partial charge in [0.25, 0.3) is 0 Å². The summed E-state index contributed by atoms with van der Waals surface area (Å²) in [6.07, 6.45) is 7.65. The molecule has 0 N–H and O–H groups in total. The Kier molecular flexibility index (Phi) is 8.07. The van der Waals surface area contributed by atoms with Crippen molar-refractivity contribution >= 4 is 18.0 Å². The molecule has 29 heavy (non-hydrogen) atoms. The topological polar surface area (TPSA) is 65.1 Å². The highest BCUT2D eigenvalue weighted by atomic mass is 16.5. The molecule has 1 fully saturated rings. The largest absolute Gasteiger partial charge is 0.493 e.